The second-order valence-corrected chi connectivity index (χ2v) is 8.58. The van der Waals surface area contributed by atoms with Crippen LogP contribution in [0.3, 0.4) is 0 Å². The Hall–Kier alpha value is -2.29. The van der Waals surface area contributed by atoms with Gasteiger partial charge in [0, 0.05) is 11.4 Å². The number of halogens is 1. The van der Waals surface area contributed by atoms with Gasteiger partial charge < -0.3 is 8.92 Å². The minimum Gasteiger partial charge on any atom is -0.489 e. The predicted molar refractivity (Wildman–Crippen MR) is 105 cm³/mol. The molecule has 0 bridgehead atoms. The lowest BCUT2D eigenvalue weighted by atomic mass is 10.2. The van der Waals surface area contributed by atoms with Gasteiger partial charge in [-0.15, -0.1) is 0 Å². The molecule has 0 radical (unpaired) electrons. The first-order valence-corrected chi connectivity index (χ1v) is 10.7. The third kappa shape index (κ3) is 4.91. The smallest absolute Gasteiger partial charge is 0.340 e. The summed E-state index contributed by atoms with van der Waals surface area (Å²) in [6.07, 6.45) is 1.88. The van der Waals surface area contributed by atoms with E-state index in [0.29, 0.717) is 24.0 Å². The van der Waals surface area contributed by atoms with Crippen LogP contribution in [-0.2, 0) is 16.7 Å². The molecule has 2 aromatic carbocycles. The topological polar surface area (TPSA) is 82.5 Å². The standard InChI is InChI=1S/C18H17ClN2O4S2/c1-13-10-14(24-8-6-21-7-9-26-18(21)20)12-15(11-13)25-27(22,23)17-5-3-2-4-16(17)19/h2-5,7,9-12,20H,6,8H2,1H3/p+1. The highest BCUT2D eigenvalue weighted by Crippen LogP contribution is 2.28. The third-order valence-electron chi connectivity index (χ3n) is 3.65. The summed E-state index contributed by atoms with van der Waals surface area (Å²) in [7, 11) is -4.05. The SMILES string of the molecule is Cc1cc(OCC[n+]2ccsc2N)cc(OS(=O)(=O)c2ccccc2Cl)c1. The molecule has 27 heavy (non-hydrogen) atoms. The van der Waals surface area contributed by atoms with Crippen molar-refractivity contribution in [2.45, 2.75) is 18.4 Å². The fraction of sp³-hybridized carbons (Fsp3) is 0.167. The molecule has 0 fully saturated rings. The Bertz CT molecular complexity index is 1050. The molecule has 0 spiro atoms. The highest BCUT2D eigenvalue weighted by atomic mass is 35.5. The lowest BCUT2D eigenvalue weighted by Gasteiger charge is -2.11. The summed E-state index contributed by atoms with van der Waals surface area (Å²) in [5.74, 6) is 0.668. The summed E-state index contributed by atoms with van der Waals surface area (Å²) in [5, 5.41) is 2.69. The number of aromatic nitrogens is 1. The van der Waals surface area contributed by atoms with E-state index in [1.807, 2.05) is 23.1 Å². The van der Waals surface area contributed by atoms with E-state index in [1.165, 1.54) is 29.5 Å². The van der Waals surface area contributed by atoms with E-state index in [1.54, 1.807) is 24.3 Å². The van der Waals surface area contributed by atoms with Crippen molar-refractivity contribution in [3.05, 3.63) is 64.6 Å². The van der Waals surface area contributed by atoms with Crippen molar-refractivity contribution in [2.75, 3.05) is 12.3 Å². The van der Waals surface area contributed by atoms with Gasteiger partial charge in [-0.25, -0.2) is 4.57 Å². The summed E-state index contributed by atoms with van der Waals surface area (Å²) in [4.78, 5) is -0.0834. The first-order chi connectivity index (χ1) is 12.8. The van der Waals surface area contributed by atoms with Gasteiger partial charge in [-0.2, -0.15) is 8.42 Å². The first kappa shape index (κ1) is 19.5. The quantitative estimate of drug-likeness (QED) is 0.463. The number of hydrogen-bond acceptors (Lipinski definition) is 6. The highest BCUT2D eigenvalue weighted by Gasteiger charge is 2.20. The van der Waals surface area contributed by atoms with Gasteiger partial charge in [0.15, 0.2) is 0 Å². The second-order valence-electron chi connectivity index (χ2n) is 5.73. The number of nitrogens with two attached hydrogens (primary N) is 1. The van der Waals surface area contributed by atoms with Crippen LogP contribution in [0, 0.1) is 6.92 Å². The van der Waals surface area contributed by atoms with E-state index in [0.717, 1.165) is 5.56 Å². The molecule has 0 saturated heterocycles. The van der Waals surface area contributed by atoms with E-state index >= 15 is 0 Å². The van der Waals surface area contributed by atoms with Gasteiger partial charge in [0.1, 0.15) is 35.7 Å². The molecular weight excluding hydrogens is 408 g/mol. The molecule has 0 aliphatic carbocycles. The minimum atomic E-state index is -4.05. The van der Waals surface area contributed by atoms with Crippen molar-refractivity contribution < 1.29 is 21.9 Å². The van der Waals surface area contributed by atoms with Crippen molar-refractivity contribution in [3.8, 4) is 11.5 Å². The van der Waals surface area contributed by atoms with Gasteiger partial charge in [-0.05, 0) is 36.8 Å². The van der Waals surface area contributed by atoms with Gasteiger partial charge in [0.2, 0.25) is 0 Å². The maximum absolute atomic E-state index is 12.5. The molecule has 3 aromatic rings. The van der Waals surface area contributed by atoms with Crippen LogP contribution in [0.25, 0.3) is 0 Å². The van der Waals surface area contributed by atoms with Crippen LogP contribution in [0.2, 0.25) is 5.02 Å². The van der Waals surface area contributed by atoms with Gasteiger partial charge in [0.25, 0.3) is 0 Å². The zero-order chi connectivity index (χ0) is 19.4. The number of aryl methyl sites for hydroxylation is 1. The molecule has 9 heteroatoms. The first-order valence-electron chi connectivity index (χ1n) is 8.01. The third-order valence-corrected chi connectivity index (χ3v) is 6.13. The van der Waals surface area contributed by atoms with Crippen LogP contribution in [-0.4, -0.2) is 15.0 Å². The van der Waals surface area contributed by atoms with Gasteiger partial charge >= 0.3 is 15.2 Å². The summed E-state index contributed by atoms with van der Waals surface area (Å²) in [5.41, 5.74) is 6.64. The van der Waals surface area contributed by atoms with Crippen LogP contribution in [0.1, 0.15) is 5.56 Å². The molecular formula is C18H18ClN2O4S2+. The number of thiazole rings is 1. The van der Waals surface area contributed by atoms with E-state index in [-0.39, 0.29) is 15.7 Å². The molecule has 1 heterocycles. The summed E-state index contributed by atoms with van der Waals surface area (Å²) >= 11 is 7.42. The number of nitrogen functional groups attached to an aromatic ring is 1. The van der Waals surface area contributed by atoms with E-state index in [9.17, 15) is 8.42 Å². The molecule has 0 aliphatic heterocycles. The largest absolute Gasteiger partial charge is 0.489 e. The van der Waals surface area contributed by atoms with E-state index in [4.69, 9.17) is 26.3 Å². The average molecular weight is 426 g/mol. The van der Waals surface area contributed by atoms with Crippen LogP contribution in [0.5, 0.6) is 11.5 Å². The lowest BCUT2D eigenvalue weighted by Crippen LogP contribution is -2.36. The molecule has 2 N–H and O–H groups in total. The van der Waals surface area contributed by atoms with Crippen LogP contribution in [0.4, 0.5) is 5.13 Å². The summed E-state index contributed by atoms with van der Waals surface area (Å²) in [6, 6.07) is 11.1. The molecule has 0 unspecified atom stereocenters. The Labute approximate surface area is 166 Å². The molecule has 6 nitrogen and oxygen atoms in total. The van der Waals surface area contributed by atoms with Crippen LogP contribution in [0.15, 0.2) is 58.9 Å². The molecule has 3 rings (SSSR count). The zero-order valence-electron chi connectivity index (χ0n) is 14.5. The van der Waals surface area contributed by atoms with E-state index in [2.05, 4.69) is 0 Å². The number of anilines is 1. The Kier molecular flexibility index (Phi) is 5.88. The normalized spacial score (nSPS) is 11.3. The van der Waals surface area contributed by atoms with Crippen LogP contribution >= 0.6 is 22.9 Å². The Morgan fingerprint density at radius 1 is 1.19 bits per heavy atom. The molecule has 0 saturated carbocycles. The van der Waals surface area contributed by atoms with Gasteiger partial charge in [-0.1, -0.05) is 35.1 Å². The van der Waals surface area contributed by atoms with E-state index < -0.39 is 10.1 Å². The Morgan fingerprint density at radius 3 is 2.63 bits per heavy atom. The molecule has 0 aliphatic rings. The summed E-state index contributed by atoms with van der Waals surface area (Å²) in [6.45, 7) is 2.79. The predicted octanol–water partition coefficient (Wildman–Crippen LogP) is 3.43. The fourth-order valence-electron chi connectivity index (χ4n) is 2.43. The number of hydrogen-bond donors (Lipinski definition) is 1. The van der Waals surface area contributed by atoms with Crippen molar-refractivity contribution in [2.24, 2.45) is 0 Å². The number of benzene rings is 2. The Morgan fingerprint density at radius 2 is 1.93 bits per heavy atom. The molecule has 0 amide bonds. The van der Waals surface area contributed by atoms with Crippen molar-refractivity contribution in [1.29, 1.82) is 0 Å². The highest BCUT2D eigenvalue weighted by molar-refractivity contribution is 7.87. The maximum Gasteiger partial charge on any atom is 0.340 e. The zero-order valence-corrected chi connectivity index (χ0v) is 16.9. The monoisotopic (exact) mass is 425 g/mol. The van der Waals surface area contributed by atoms with Crippen molar-refractivity contribution >= 4 is 38.2 Å². The van der Waals surface area contributed by atoms with Crippen molar-refractivity contribution in [1.82, 2.24) is 0 Å². The minimum absolute atomic E-state index is 0.0834. The maximum atomic E-state index is 12.5. The lowest BCUT2D eigenvalue weighted by molar-refractivity contribution is -0.679. The molecule has 0 atom stereocenters. The number of rotatable bonds is 7. The molecule has 142 valence electrons. The van der Waals surface area contributed by atoms with Crippen LogP contribution < -0.4 is 19.2 Å². The Balaban J connectivity index is 1.73. The van der Waals surface area contributed by atoms with Gasteiger partial charge in [-0.3, -0.25) is 5.73 Å². The van der Waals surface area contributed by atoms with Crippen molar-refractivity contribution in [3.63, 3.8) is 0 Å². The average Bonchev–Trinajstić information content (AvgIpc) is 2.99. The fourth-order valence-corrected chi connectivity index (χ4v) is 4.47. The molecule has 1 aromatic heterocycles. The number of nitrogens with zero attached hydrogens (tertiary/aromatic N) is 1. The summed E-state index contributed by atoms with van der Waals surface area (Å²) < 4.78 is 37.8. The number of ether oxygens (including phenoxy) is 1. The van der Waals surface area contributed by atoms with Gasteiger partial charge in [0.05, 0.1) is 5.02 Å². The second kappa shape index (κ2) is 8.16.